The van der Waals surface area contributed by atoms with E-state index in [0.29, 0.717) is 17.9 Å². The molecule has 0 atom stereocenters. The fourth-order valence-electron chi connectivity index (χ4n) is 3.61. The number of hydrogen-bond acceptors (Lipinski definition) is 7. The van der Waals surface area contributed by atoms with Gasteiger partial charge in [0.15, 0.2) is 5.13 Å². The average Bonchev–Trinajstić information content (AvgIpc) is 3.47. The summed E-state index contributed by atoms with van der Waals surface area (Å²) in [5, 5.41) is 1.00. The molecule has 1 aliphatic rings. The number of thiazole rings is 1. The third-order valence-corrected chi connectivity index (χ3v) is 8.51. The number of unbranched alkanes of at least 4 members (excludes halogenated alkanes) is 1. The number of esters is 1. The van der Waals surface area contributed by atoms with Gasteiger partial charge in [-0.2, -0.15) is 0 Å². The van der Waals surface area contributed by atoms with E-state index >= 15 is 0 Å². The second-order valence-corrected chi connectivity index (χ2v) is 11.0. The van der Waals surface area contributed by atoms with Crippen LogP contribution in [0.15, 0.2) is 47.4 Å². The van der Waals surface area contributed by atoms with Gasteiger partial charge in [-0.15, -0.1) is 0 Å². The van der Waals surface area contributed by atoms with Crippen molar-refractivity contribution in [2.24, 2.45) is 0 Å². The third-order valence-electron chi connectivity index (χ3n) is 5.56. The van der Waals surface area contributed by atoms with Crippen LogP contribution in [0.1, 0.15) is 43.0 Å². The standard InChI is InChI=1S/C23H27N3O4S2/c1-3-4-13-25(2)32(28,29)19-10-7-17(8-11-19)22(27)30-18-9-12-20-21(16-18)31-23(24-20)26-14-5-6-15-26/h7-12,16H,3-6,13-15H2,1-2H3. The monoisotopic (exact) mass is 473 g/mol. The summed E-state index contributed by atoms with van der Waals surface area (Å²) in [5.74, 6) is -0.0907. The molecule has 0 radical (unpaired) electrons. The van der Waals surface area contributed by atoms with Crippen molar-refractivity contribution >= 4 is 42.7 Å². The van der Waals surface area contributed by atoms with Crippen LogP contribution in [0, 0.1) is 0 Å². The molecule has 32 heavy (non-hydrogen) atoms. The van der Waals surface area contributed by atoms with Crippen molar-refractivity contribution < 1.29 is 17.9 Å². The van der Waals surface area contributed by atoms with Gasteiger partial charge in [-0.25, -0.2) is 22.5 Å². The average molecular weight is 474 g/mol. The number of aromatic nitrogens is 1. The van der Waals surface area contributed by atoms with Crippen molar-refractivity contribution in [1.82, 2.24) is 9.29 Å². The van der Waals surface area contributed by atoms with E-state index in [2.05, 4.69) is 9.88 Å². The number of carbonyl (C=O) groups excluding carboxylic acids is 1. The molecular weight excluding hydrogens is 446 g/mol. The number of carbonyl (C=O) groups is 1. The fourth-order valence-corrected chi connectivity index (χ4v) is 5.86. The lowest BCUT2D eigenvalue weighted by Gasteiger charge is -2.16. The molecule has 0 amide bonds. The molecule has 1 aromatic heterocycles. The normalized spacial score (nSPS) is 14.4. The number of benzene rings is 2. The first kappa shape index (κ1) is 22.7. The van der Waals surface area contributed by atoms with E-state index in [4.69, 9.17) is 4.74 Å². The second kappa shape index (κ2) is 9.56. The smallest absolute Gasteiger partial charge is 0.343 e. The van der Waals surface area contributed by atoms with Gasteiger partial charge >= 0.3 is 5.97 Å². The molecule has 0 aliphatic carbocycles. The molecule has 2 aromatic carbocycles. The van der Waals surface area contributed by atoms with Crippen molar-refractivity contribution in [3.05, 3.63) is 48.0 Å². The molecule has 0 N–H and O–H groups in total. The summed E-state index contributed by atoms with van der Waals surface area (Å²) in [7, 11) is -2.00. The lowest BCUT2D eigenvalue weighted by atomic mass is 10.2. The highest BCUT2D eigenvalue weighted by atomic mass is 32.2. The molecule has 3 aromatic rings. The number of hydrogen-bond donors (Lipinski definition) is 0. The summed E-state index contributed by atoms with van der Waals surface area (Å²) < 4.78 is 33.1. The minimum absolute atomic E-state index is 0.160. The van der Waals surface area contributed by atoms with E-state index in [1.807, 2.05) is 19.1 Å². The molecule has 4 rings (SSSR count). The molecule has 1 fully saturated rings. The van der Waals surface area contributed by atoms with Crippen LogP contribution in [0.2, 0.25) is 0 Å². The Morgan fingerprint density at radius 3 is 2.56 bits per heavy atom. The Kier molecular flexibility index (Phi) is 6.78. The molecule has 2 heterocycles. The minimum Gasteiger partial charge on any atom is -0.423 e. The maximum Gasteiger partial charge on any atom is 0.343 e. The predicted octanol–water partition coefficient (Wildman–Crippen LogP) is 4.54. The van der Waals surface area contributed by atoms with Crippen LogP contribution in [0.5, 0.6) is 5.75 Å². The Bertz CT molecular complexity index is 1200. The highest BCUT2D eigenvalue weighted by Gasteiger charge is 2.21. The number of ether oxygens (including phenoxy) is 1. The largest absolute Gasteiger partial charge is 0.423 e. The van der Waals surface area contributed by atoms with Crippen LogP contribution in [0.3, 0.4) is 0 Å². The van der Waals surface area contributed by atoms with Gasteiger partial charge in [0, 0.05) is 32.7 Å². The van der Waals surface area contributed by atoms with E-state index < -0.39 is 16.0 Å². The van der Waals surface area contributed by atoms with Crippen molar-refractivity contribution in [3.8, 4) is 5.75 Å². The highest BCUT2D eigenvalue weighted by molar-refractivity contribution is 7.89. The topological polar surface area (TPSA) is 79.8 Å². The van der Waals surface area contributed by atoms with Crippen molar-refractivity contribution in [2.75, 3.05) is 31.6 Å². The lowest BCUT2D eigenvalue weighted by Crippen LogP contribution is -2.28. The third kappa shape index (κ3) is 4.79. The van der Waals surface area contributed by atoms with E-state index in [1.54, 1.807) is 24.5 Å². The summed E-state index contributed by atoms with van der Waals surface area (Å²) in [4.78, 5) is 19.7. The van der Waals surface area contributed by atoms with Crippen LogP contribution in [0.25, 0.3) is 10.2 Å². The van der Waals surface area contributed by atoms with Crippen molar-refractivity contribution in [1.29, 1.82) is 0 Å². The summed E-state index contributed by atoms with van der Waals surface area (Å²) >= 11 is 1.60. The predicted molar refractivity (Wildman–Crippen MR) is 127 cm³/mol. The number of anilines is 1. The molecule has 0 spiro atoms. The molecule has 0 unspecified atom stereocenters. The Labute approximate surface area is 192 Å². The number of rotatable bonds is 8. The van der Waals surface area contributed by atoms with Gasteiger partial charge in [-0.05, 0) is 55.7 Å². The highest BCUT2D eigenvalue weighted by Crippen LogP contribution is 2.33. The van der Waals surface area contributed by atoms with Gasteiger partial charge in [0.05, 0.1) is 20.7 Å². The Balaban J connectivity index is 1.46. The second-order valence-electron chi connectivity index (χ2n) is 7.91. The number of fused-ring (bicyclic) bond motifs is 1. The van der Waals surface area contributed by atoms with E-state index in [-0.39, 0.29) is 4.90 Å². The molecule has 170 valence electrons. The van der Waals surface area contributed by atoms with E-state index in [0.717, 1.165) is 41.3 Å². The SMILES string of the molecule is CCCCN(C)S(=O)(=O)c1ccc(C(=O)Oc2ccc3nc(N4CCCC4)sc3c2)cc1. The first-order valence-electron chi connectivity index (χ1n) is 10.8. The molecule has 0 bridgehead atoms. The van der Waals surface area contributed by atoms with Gasteiger partial charge in [-0.1, -0.05) is 24.7 Å². The Morgan fingerprint density at radius 1 is 1.16 bits per heavy atom. The van der Waals surface area contributed by atoms with Crippen LogP contribution < -0.4 is 9.64 Å². The Morgan fingerprint density at radius 2 is 1.88 bits per heavy atom. The molecule has 7 nitrogen and oxygen atoms in total. The van der Waals surface area contributed by atoms with Crippen molar-refractivity contribution in [2.45, 2.75) is 37.5 Å². The van der Waals surface area contributed by atoms with Crippen LogP contribution >= 0.6 is 11.3 Å². The van der Waals surface area contributed by atoms with Gasteiger partial charge in [0.1, 0.15) is 5.75 Å². The summed E-state index contributed by atoms with van der Waals surface area (Å²) in [6.07, 6.45) is 4.09. The minimum atomic E-state index is -3.57. The van der Waals surface area contributed by atoms with Gasteiger partial charge in [0.25, 0.3) is 0 Å². The summed E-state index contributed by atoms with van der Waals surface area (Å²) in [6, 6.07) is 11.3. The molecule has 1 saturated heterocycles. The summed E-state index contributed by atoms with van der Waals surface area (Å²) in [6.45, 7) is 4.53. The zero-order valence-corrected chi connectivity index (χ0v) is 19.9. The van der Waals surface area contributed by atoms with Crippen molar-refractivity contribution in [3.63, 3.8) is 0 Å². The van der Waals surface area contributed by atoms with E-state index in [1.165, 1.54) is 41.4 Å². The molecule has 0 saturated carbocycles. The fraction of sp³-hybridized carbons (Fsp3) is 0.391. The molecular formula is C23H27N3O4S2. The summed E-state index contributed by atoms with van der Waals surface area (Å²) in [5.41, 5.74) is 1.18. The van der Waals surface area contributed by atoms with Crippen LogP contribution in [-0.2, 0) is 10.0 Å². The number of sulfonamides is 1. The van der Waals surface area contributed by atoms with Crippen LogP contribution in [0.4, 0.5) is 5.13 Å². The first-order chi connectivity index (χ1) is 15.4. The zero-order chi connectivity index (χ0) is 22.7. The van der Waals surface area contributed by atoms with E-state index in [9.17, 15) is 13.2 Å². The quantitative estimate of drug-likeness (QED) is 0.353. The molecule has 9 heteroatoms. The first-order valence-corrected chi connectivity index (χ1v) is 13.1. The molecule has 1 aliphatic heterocycles. The lowest BCUT2D eigenvalue weighted by molar-refractivity contribution is 0.0735. The van der Waals surface area contributed by atoms with Crippen LogP contribution in [-0.4, -0.2) is 50.4 Å². The number of nitrogens with zero attached hydrogens (tertiary/aromatic N) is 3. The van der Waals surface area contributed by atoms with Gasteiger partial charge in [0.2, 0.25) is 10.0 Å². The maximum absolute atomic E-state index is 12.6. The zero-order valence-electron chi connectivity index (χ0n) is 18.3. The Hall–Kier alpha value is -2.49. The van der Waals surface area contributed by atoms with Gasteiger partial charge in [-0.3, -0.25) is 0 Å². The maximum atomic E-state index is 12.6. The van der Waals surface area contributed by atoms with Gasteiger partial charge < -0.3 is 9.64 Å².